The van der Waals surface area contributed by atoms with Gasteiger partial charge < -0.3 is 10.1 Å². The Labute approximate surface area is 135 Å². The summed E-state index contributed by atoms with van der Waals surface area (Å²) in [6.45, 7) is 8.71. The third-order valence-electron chi connectivity index (χ3n) is 3.11. The zero-order valence-corrected chi connectivity index (χ0v) is 14.2. The molecule has 0 aliphatic carbocycles. The van der Waals surface area contributed by atoms with Gasteiger partial charge in [-0.25, -0.2) is 4.98 Å². The van der Waals surface area contributed by atoms with Crippen molar-refractivity contribution in [2.75, 3.05) is 6.61 Å². The topological polar surface area (TPSA) is 51.2 Å². The third-order valence-corrected chi connectivity index (χ3v) is 3.90. The summed E-state index contributed by atoms with van der Waals surface area (Å²) in [5.74, 6) is 1.05. The van der Waals surface area contributed by atoms with Gasteiger partial charge in [0.1, 0.15) is 5.75 Å². The van der Waals surface area contributed by atoms with Crippen LogP contribution in [0, 0.1) is 12.8 Å². The lowest BCUT2D eigenvalue weighted by Crippen LogP contribution is -2.26. The van der Waals surface area contributed by atoms with Gasteiger partial charge in [0.2, 0.25) is 0 Å². The molecule has 1 heterocycles. The van der Waals surface area contributed by atoms with Gasteiger partial charge >= 0.3 is 0 Å². The Morgan fingerprint density at radius 3 is 2.77 bits per heavy atom. The van der Waals surface area contributed by atoms with Crippen LogP contribution >= 0.6 is 11.3 Å². The number of nitrogens with one attached hydrogen (secondary N) is 1. The second-order valence-electron chi connectivity index (χ2n) is 5.72. The molecule has 0 fully saturated rings. The number of carbonyl (C=O) groups excluding carboxylic acids is 1. The molecule has 1 unspecified atom stereocenters. The summed E-state index contributed by atoms with van der Waals surface area (Å²) in [6, 6.07) is 7.15. The predicted octanol–water partition coefficient (Wildman–Crippen LogP) is 3.98. The first-order valence-corrected chi connectivity index (χ1v) is 8.29. The standard InChI is InChI=1S/C17H22N2O2S/c1-11(2)9-21-15-7-5-6-14(8-15)17(20)18-12(3)16-10-22-13(4)19-16/h5-8,10-12H,9H2,1-4H3,(H,18,20). The fraction of sp³-hybridized carbons (Fsp3) is 0.412. The Bertz CT molecular complexity index is 637. The van der Waals surface area contributed by atoms with Crippen molar-refractivity contribution < 1.29 is 9.53 Å². The molecule has 0 bridgehead atoms. The Kier molecular flexibility index (Phi) is 5.55. The number of rotatable bonds is 6. The minimum absolute atomic E-state index is 0.113. The quantitative estimate of drug-likeness (QED) is 0.876. The van der Waals surface area contributed by atoms with Crippen molar-refractivity contribution >= 4 is 17.2 Å². The van der Waals surface area contributed by atoms with Crippen LogP contribution in [0.25, 0.3) is 0 Å². The lowest BCUT2D eigenvalue weighted by Gasteiger charge is -2.13. The van der Waals surface area contributed by atoms with Gasteiger partial charge in [0.05, 0.1) is 23.4 Å². The van der Waals surface area contributed by atoms with Crippen LogP contribution in [0.1, 0.15) is 47.9 Å². The third kappa shape index (κ3) is 4.56. The number of thiazole rings is 1. The maximum absolute atomic E-state index is 12.3. The van der Waals surface area contributed by atoms with E-state index in [4.69, 9.17) is 4.74 Å². The summed E-state index contributed by atoms with van der Waals surface area (Å²) >= 11 is 1.58. The van der Waals surface area contributed by atoms with E-state index in [-0.39, 0.29) is 11.9 Å². The van der Waals surface area contributed by atoms with Crippen molar-refractivity contribution in [3.63, 3.8) is 0 Å². The number of aryl methyl sites for hydroxylation is 1. The van der Waals surface area contributed by atoms with Crippen LogP contribution in [0.3, 0.4) is 0 Å². The first kappa shape index (κ1) is 16.5. The van der Waals surface area contributed by atoms with Crippen molar-refractivity contribution in [3.05, 3.63) is 45.9 Å². The Morgan fingerprint density at radius 1 is 1.36 bits per heavy atom. The number of nitrogens with zero attached hydrogens (tertiary/aromatic N) is 1. The highest BCUT2D eigenvalue weighted by Gasteiger charge is 2.14. The number of carbonyl (C=O) groups is 1. The van der Waals surface area contributed by atoms with E-state index in [0.29, 0.717) is 18.1 Å². The first-order chi connectivity index (χ1) is 10.5. The lowest BCUT2D eigenvalue weighted by molar-refractivity contribution is 0.0938. The molecule has 118 valence electrons. The summed E-state index contributed by atoms with van der Waals surface area (Å²) < 4.78 is 5.66. The molecule has 1 N–H and O–H groups in total. The maximum Gasteiger partial charge on any atom is 0.251 e. The van der Waals surface area contributed by atoms with Crippen LogP contribution in [0.2, 0.25) is 0 Å². The van der Waals surface area contributed by atoms with Crippen molar-refractivity contribution in [1.82, 2.24) is 10.3 Å². The molecule has 1 atom stereocenters. The second kappa shape index (κ2) is 7.40. The summed E-state index contributed by atoms with van der Waals surface area (Å²) in [6.07, 6.45) is 0. The van der Waals surface area contributed by atoms with Crippen molar-refractivity contribution in [2.45, 2.75) is 33.7 Å². The van der Waals surface area contributed by atoms with Crippen LogP contribution < -0.4 is 10.1 Å². The highest BCUT2D eigenvalue weighted by Crippen LogP contribution is 2.18. The molecule has 0 saturated carbocycles. The molecule has 5 heteroatoms. The summed E-state index contributed by atoms with van der Waals surface area (Å²) in [4.78, 5) is 16.7. The van der Waals surface area contributed by atoms with E-state index in [2.05, 4.69) is 24.1 Å². The molecule has 22 heavy (non-hydrogen) atoms. The van der Waals surface area contributed by atoms with Gasteiger partial charge in [-0.15, -0.1) is 11.3 Å². The Balaban J connectivity index is 2.01. The number of hydrogen-bond acceptors (Lipinski definition) is 4. The second-order valence-corrected chi connectivity index (χ2v) is 6.78. The average molecular weight is 318 g/mol. The average Bonchev–Trinajstić information content (AvgIpc) is 2.92. The van der Waals surface area contributed by atoms with Crippen LogP contribution in [-0.2, 0) is 0 Å². The molecular weight excluding hydrogens is 296 g/mol. The highest BCUT2D eigenvalue weighted by atomic mass is 32.1. The van der Waals surface area contributed by atoms with Crippen LogP contribution in [0.4, 0.5) is 0 Å². The van der Waals surface area contributed by atoms with Crippen LogP contribution in [-0.4, -0.2) is 17.5 Å². The highest BCUT2D eigenvalue weighted by molar-refractivity contribution is 7.09. The number of aromatic nitrogens is 1. The lowest BCUT2D eigenvalue weighted by atomic mass is 10.1. The van der Waals surface area contributed by atoms with Gasteiger partial charge in [-0.2, -0.15) is 0 Å². The van der Waals surface area contributed by atoms with E-state index < -0.39 is 0 Å². The zero-order chi connectivity index (χ0) is 16.1. The molecule has 0 aliphatic heterocycles. The van der Waals surface area contributed by atoms with E-state index in [1.54, 1.807) is 23.5 Å². The summed E-state index contributed by atoms with van der Waals surface area (Å²) in [5.41, 5.74) is 1.49. The molecule has 1 aromatic carbocycles. The molecular formula is C17H22N2O2S. The molecule has 0 radical (unpaired) electrons. The minimum Gasteiger partial charge on any atom is -0.493 e. The first-order valence-electron chi connectivity index (χ1n) is 7.41. The monoisotopic (exact) mass is 318 g/mol. The van der Waals surface area contributed by atoms with Crippen molar-refractivity contribution in [2.24, 2.45) is 5.92 Å². The van der Waals surface area contributed by atoms with Gasteiger partial charge in [0.15, 0.2) is 0 Å². The van der Waals surface area contributed by atoms with E-state index >= 15 is 0 Å². The number of benzene rings is 1. The Morgan fingerprint density at radius 2 is 2.14 bits per heavy atom. The van der Waals surface area contributed by atoms with Crippen molar-refractivity contribution in [3.8, 4) is 5.75 Å². The molecule has 0 aliphatic rings. The number of amides is 1. The van der Waals surface area contributed by atoms with Gasteiger partial charge in [-0.3, -0.25) is 4.79 Å². The van der Waals surface area contributed by atoms with E-state index in [1.807, 2.05) is 31.4 Å². The zero-order valence-electron chi connectivity index (χ0n) is 13.4. The molecule has 2 aromatic rings. The SMILES string of the molecule is Cc1nc(C(C)NC(=O)c2cccc(OCC(C)C)c2)cs1. The van der Waals surface area contributed by atoms with Gasteiger partial charge in [0, 0.05) is 10.9 Å². The van der Waals surface area contributed by atoms with E-state index in [9.17, 15) is 4.79 Å². The molecule has 1 amide bonds. The number of hydrogen-bond donors (Lipinski definition) is 1. The number of ether oxygens (including phenoxy) is 1. The van der Waals surface area contributed by atoms with E-state index in [1.165, 1.54) is 0 Å². The summed E-state index contributed by atoms with van der Waals surface area (Å²) in [7, 11) is 0. The normalized spacial score (nSPS) is 12.2. The maximum atomic E-state index is 12.3. The molecule has 0 spiro atoms. The minimum atomic E-state index is -0.117. The Hall–Kier alpha value is -1.88. The molecule has 4 nitrogen and oxygen atoms in total. The van der Waals surface area contributed by atoms with Crippen molar-refractivity contribution in [1.29, 1.82) is 0 Å². The largest absolute Gasteiger partial charge is 0.493 e. The summed E-state index contributed by atoms with van der Waals surface area (Å²) in [5, 5.41) is 5.94. The molecule has 2 rings (SSSR count). The molecule has 0 saturated heterocycles. The van der Waals surface area contributed by atoms with Gasteiger partial charge in [-0.05, 0) is 38.0 Å². The van der Waals surface area contributed by atoms with Crippen LogP contribution in [0.15, 0.2) is 29.6 Å². The smallest absolute Gasteiger partial charge is 0.251 e. The molecule has 1 aromatic heterocycles. The van der Waals surface area contributed by atoms with Crippen LogP contribution in [0.5, 0.6) is 5.75 Å². The van der Waals surface area contributed by atoms with Gasteiger partial charge in [-0.1, -0.05) is 19.9 Å². The fourth-order valence-corrected chi connectivity index (χ4v) is 2.63. The predicted molar refractivity (Wildman–Crippen MR) is 89.5 cm³/mol. The van der Waals surface area contributed by atoms with E-state index in [0.717, 1.165) is 16.5 Å². The fourth-order valence-electron chi connectivity index (χ4n) is 1.92. The van der Waals surface area contributed by atoms with Gasteiger partial charge in [0.25, 0.3) is 5.91 Å².